The summed E-state index contributed by atoms with van der Waals surface area (Å²) in [7, 11) is 0. The molecule has 25 heavy (non-hydrogen) atoms. The van der Waals surface area contributed by atoms with Gasteiger partial charge in [-0.1, -0.05) is 13.2 Å². The van der Waals surface area contributed by atoms with Gasteiger partial charge in [0.05, 0.1) is 13.2 Å². The fourth-order valence-electron chi connectivity index (χ4n) is 5.61. The van der Waals surface area contributed by atoms with Crippen LogP contribution in [0.2, 0.25) is 0 Å². The molecule has 2 bridgehead atoms. The molecule has 0 aliphatic heterocycles. The van der Waals surface area contributed by atoms with Gasteiger partial charge in [-0.15, -0.1) is 0 Å². The topological polar surface area (TPSA) is 52.6 Å². The Bertz CT molecular complexity index is 593. The van der Waals surface area contributed by atoms with Gasteiger partial charge in [0.1, 0.15) is 0 Å². The van der Waals surface area contributed by atoms with Crippen LogP contribution < -0.4 is 0 Å². The third-order valence-electron chi connectivity index (χ3n) is 6.76. The molecule has 3 rings (SSSR count). The highest BCUT2D eigenvalue weighted by molar-refractivity contribution is 5.87. The summed E-state index contributed by atoms with van der Waals surface area (Å²) in [5.41, 5.74) is 1.38. The molecule has 4 heteroatoms. The Morgan fingerprint density at radius 1 is 1.00 bits per heavy atom. The lowest BCUT2D eigenvalue weighted by molar-refractivity contribution is -0.142. The molecule has 3 aliphatic carbocycles. The summed E-state index contributed by atoms with van der Waals surface area (Å²) in [4.78, 5) is 23.3. The third kappa shape index (κ3) is 3.54. The fourth-order valence-corrected chi connectivity index (χ4v) is 5.61. The van der Waals surface area contributed by atoms with E-state index in [-0.39, 0.29) is 11.9 Å². The van der Waals surface area contributed by atoms with Gasteiger partial charge in [0.15, 0.2) is 0 Å². The number of carbonyl (C=O) groups excluding carboxylic acids is 2. The summed E-state index contributed by atoms with van der Waals surface area (Å²) in [6, 6.07) is 0. The van der Waals surface area contributed by atoms with E-state index >= 15 is 0 Å². The summed E-state index contributed by atoms with van der Waals surface area (Å²) in [6.07, 6.45) is 7.20. The monoisotopic (exact) mass is 346 g/mol. The number of rotatable bonds is 6. The van der Waals surface area contributed by atoms with E-state index in [0.717, 1.165) is 12.8 Å². The van der Waals surface area contributed by atoms with Gasteiger partial charge in [-0.3, -0.25) is 0 Å². The van der Waals surface area contributed by atoms with Crippen LogP contribution in [-0.4, -0.2) is 25.2 Å². The molecular weight excluding hydrogens is 316 g/mol. The Balaban J connectivity index is 1.57. The first-order chi connectivity index (χ1) is 11.8. The molecule has 0 radical (unpaired) electrons. The molecule has 0 aromatic heterocycles. The summed E-state index contributed by atoms with van der Waals surface area (Å²) in [5, 5.41) is 0. The number of esters is 2. The predicted octanol–water partition coefficient (Wildman–Crippen LogP) is 4.06. The van der Waals surface area contributed by atoms with Crippen molar-refractivity contribution in [2.45, 2.75) is 52.4 Å². The molecule has 3 saturated carbocycles. The van der Waals surface area contributed by atoms with Crippen LogP contribution in [0.15, 0.2) is 24.3 Å². The van der Waals surface area contributed by atoms with Crippen molar-refractivity contribution in [1.29, 1.82) is 0 Å². The molecule has 138 valence electrons. The molecule has 5 unspecified atom stereocenters. The van der Waals surface area contributed by atoms with Crippen LogP contribution in [0.3, 0.4) is 0 Å². The molecule has 3 aliphatic rings. The Kier molecular flexibility index (Phi) is 5.08. The van der Waals surface area contributed by atoms with E-state index < -0.39 is 0 Å². The van der Waals surface area contributed by atoms with Crippen LogP contribution in [0.4, 0.5) is 0 Å². The van der Waals surface area contributed by atoms with Gasteiger partial charge in [0.2, 0.25) is 0 Å². The third-order valence-corrected chi connectivity index (χ3v) is 6.76. The van der Waals surface area contributed by atoms with Crippen molar-refractivity contribution in [3.63, 3.8) is 0 Å². The highest BCUT2D eigenvalue weighted by Gasteiger charge is 2.58. The maximum Gasteiger partial charge on any atom is 0.333 e. The van der Waals surface area contributed by atoms with Crippen molar-refractivity contribution < 1.29 is 19.1 Å². The van der Waals surface area contributed by atoms with Crippen LogP contribution in [0, 0.1) is 29.1 Å². The smallest absolute Gasteiger partial charge is 0.333 e. The van der Waals surface area contributed by atoms with E-state index in [9.17, 15) is 9.59 Å². The molecule has 0 N–H and O–H groups in total. The Labute approximate surface area is 150 Å². The fraction of sp³-hybridized carbons (Fsp3) is 0.714. The average Bonchev–Trinajstić information content (AvgIpc) is 3.03. The van der Waals surface area contributed by atoms with Gasteiger partial charge >= 0.3 is 11.9 Å². The Morgan fingerprint density at radius 2 is 1.60 bits per heavy atom. The van der Waals surface area contributed by atoms with Gasteiger partial charge in [-0.05, 0) is 81.5 Å². The van der Waals surface area contributed by atoms with Crippen molar-refractivity contribution in [3.05, 3.63) is 24.3 Å². The molecule has 0 heterocycles. The maximum absolute atomic E-state index is 11.7. The molecule has 0 saturated heterocycles. The highest BCUT2D eigenvalue weighted by atomic mass is 16.5. The normalized spacial score (nSPS) is 35.8. The predicted molar refractivity (Wildman–Crippen MR) is 95.6 cm³/mol. The Hall–Kier alpha value is -1.58. The SMILES string of the molecule is C=C(C)C(=O)OCC1CC2C3CCC2(CCC3COC(=O)C(=C)C)C1. The molecule has 0 amide bonds. The van der Waals surface area contributed by atoms with Crippen molar-refractivity contribution in [3.8, 4) is 0 Å². The van der Waals surface area contributed by atoms with E-state index in [4.69, 9.17) is 9.47 Å². The Morgan fingerprint density at radius 3 is 2.24 bits per heavy atom. The summed E-state index contributed by atoms with van der Waals surface area (Å²) >= 11 is 0. The van der Waals surface area contributed by atoms with E-state index in [1.165, 1.54) is 25.7 Å². The highest BCUT2D eigenvalue weighted by Crippen LogP contribution is 2.66. The van der Waals surface area contributed by atoms with E-state index in [0.29, 0.717) is 53.4 Å². The summed E-state index contributed by atoms with van der Waals surface area (Å²) in [6.45, 7) is 11.7. The van der Waals surface area contributed by atoms with E-state index in [1.807, 2.05) is 0 Å². The lowest BCUT2D eigenvalue weighted by Crippen LogP contribution is -2.35. The van der Waals surface area contributed by atoms with E-state index in [2.05, 4.69) is 13.2 Å². The van der Waals surface area contributed by atoms with E-state index in [1.54, 1.807) is 13.8 Å². The van der Waals surface area contributed by atoms with Crippen LogP contribution in [-0.2, 0) is 19.1 Å². The van der Waals surface area contributed by atoms with Gasteiger partial charge in [0.25, 0.3) is 0 Å². The molecule has 5 atom stereocenters. The minimum absolute atomic E-state index is 0.272. The lowest BCUT2D eigenvalue weighted by atomic mass is 9.65. The minimum Gasteiger partial charge on any atom is -0.462 e. The maximum atomic E-state index is 11.7. The standard InChI is InChI=1S/C21H30O4/c1-13(2)19(22)24-11-15-9-18-17-6-8-21(18,10-15)7-5-16(17)12-25-20(23)14(3)4/h15-18H,1,3,5-12H2,2,4H3. The second-order valence-corrected chi connectivity index (χ2v) is 8.53. The molecular formula is C21H30O4. The summed E-state index contributed by atoms with van der Waals surface area (Å²) in [5.74, 6) is 1.73. The zero-order chi connectivity index (χ0) is 18.2. The first-order valence-electron chi connectivity index (χ1n) is 9.47. The van der Waals surface area contributed by atoms with Gasteiger partial charge in [-0.25, -0.2) is 9.59 Å². The molecule has 0 aromatic carbocycles. The van der Waals surface area contributed by atoms with Crippen LogP contribution in [0.5, 0.6) is 0 Å². The second-order valence-electron chi connectivity index (χ2n) is 8.53. The second kappa shape index (κ2) is 6.97. The van der Waals surface area contributed by atoms with Gasteiger partial charge in [-0.2, -0.15) is 0 Å². The number of ether oxygens (including phenoxy) is 2. The lowest BCUT2D eigenvalue weighted by Gasteiger charge is -2.40. The van der Waals surface area contributed by atoms with Crippen molar-refractivity contribution in [2.24, 2.45) is 29.1 Å². The molecule has 4 nitrogen and oxygen atoms in total. The number of hydrogen-bond donors (Lipinski definition) is 0. The van der Waals surface area contributed by atoms with Crippen molar-refractivity contribution in [1.82, 2.24) is 0 Å². The van der Waals surface area contributed by atoms with Crippen LogP contribution in [0.1, 0.15) is 52.4 Å². The van der Waals surface area contributed by atoms with Gasteiger partial charge < -0.3 is 9.47 Å². The molecule has 0 aromatic rings. The summed E-state index contributed by atoms with van der Waals surface area (Å²) < 4.78 is 10.9. The van der Waals surface area contributed by atoms with Gasteiger partial charge in [0, 0.05) is 11.1 Å². The number of hydrogen-bond acceptors (Lipinski definition) is 4. The first kappa shape index (κ1) is 18.2. The van der Waals surface area contributed by atoms with Crippen LogP contribution >= 0.6 is 0 Å². The minimum atomic E-state index is -0.276. The quantitative estimate of drug-likeness (QED) is 0.538. The largest absolute Gasteiger partial charge is 0.462 e. The average molecular weight is 346 g/mol. The molecule has 3 fully saturated rings. The molecule has 0 spiro atoms. The van der Waals surface area contributed by atoms with Crippen molar-refractivity contribution in [2.75, 3.05) is 13.2 Å². The van der Waals surface area contributed by atoms with Crippen molar-refractivity contribution >= 4 is 11.9 Å². The first-order valence-corrected chi connectivity index (χ1v) is 9.47. The number of carbonyl (C=O) groups is 2. The van der Waals surface area contributed by atoms with Crippen LogP contribution in [0.25, 0.3) is 0 Å². The zero-order valence-corrected chi connectivity index (χ0v) is 15.5. The zero-order valence-electron chi connectivity index (χ0n) is 15.5.